The standard InChI is InChI=1S/C19H23N3O3S/c1-3-5-9-25-16-7-6-14(11-17(16)24-4-2)18(23)20-12-15-13-22-8-10-26-19(22)21-15/h6-8,10-11,13H,3-5,9,12H2,1-2H3,(H,20,23). The van der Waals surface area contributed by atoms with Crippen molar-refractivity contribution in [2.24, 2.45) is 0 Å². The van der Waals surface area contributed by atoms with Gasteiger partial charge in [-0.1, -0.05) is 13.3 Å². The quantitative estimate of drug-likeness (QED) is 0.578. The Morgan fingerprint density at radius 2 is 2.15 bits per heavy atom. The van der Waals surface area contributed by atoms with E-state index in [4.69, 9.17) is 9.47 Å². The van der Waals surface area contributed by atoms with E-state index in [1.807, 2.05) is 29.1 Å². The highest BCUT2D eigenvalue weighted by molar-refractivity contribution is 7.15. The molecule has 1 N–H and O–H groups in total. The molecule has 0 atom stereocenters. The third-order valence-electron chi connectivity index (χ3n) is 3.83. The summed E-state index contributed by atoms with van der Waals surface area (Å²) in [5, 5.41) is 4.88. The van der Waals surface area contributed by atoms with Crippen LogP contribution in [-0.2, 0) is 6.54 Å². The van der Waals surface area contributed by atoms with Gasteiger partial charge >= 0.3 is 0 Å². The molecule has 3 aromatic rings. The number of unbranched alkanes of at least 4 members (excludes halogenated alkanes) is 1. The van der Waals surface area contributed by atoms with Crippen molar-refractivity contribution >= 4 is 22.2 Å². The maximum atomic E-state index is 12.5. The van der Waals surface area contributed by atoms with Gasteiger partial charge in [0.05, 0.1) is 25.5 Å². The SMILES string of the molecule is CCCCOc1ccc(C(=O)NCc2cn3ccsc3n2)cc1OCC. The predicted octanol–water partition coefficient (Wildman–Crippen LogP) is 3.90. The fourth-order valence-corrected chi connectivity index (χ4v) is 3.22. The van der Waals surface area contributed by atoms with Gasteiger partial charge in [0.15, 0.2) is 16.5 Å². The molecule has 3 rings (SSSR count). The number of carbonyl (C=O) groups is 1. The Bertz CT molecular complexity index is 843. The zero-order valence-corrected chi connectivity index (χ0v) is 15.8. The second-order valence-electron chi connectivity index (χ2n) is 5.80. The van der Waals surface area contributed by atoms with Crippen molar-refractivity contribution in [3.05, 3.63) is 47.2 Å². The number of amides is 1. The van der Waals surface area contributed by atoms with E-state index < -0.39 is 0 Å². The van der Waals surface area contributed by atoms with Crippen LogP contribution in [0.4, 0.5) is 0 Å². The second kappa shape index (κ2) is 8.71. The van der Waals surface area contributed by atoms with E-state index in [0.29, 0.717) is 36.8 Å². The average molecular weight is 373 g/mol. The molecule has 0 saturated heterocycles. The van der Waals surface area contributed by atoms with Crippen LogP contribution in [0.5, 0.6) is 11.5 Å². The fraction of sp³-hybridized carbons (Fsp3) is 0.368. The summed E-state index contributed by atoms with van der Waals surface area (Å²) in [6.45, 7) is 5.56. The Labute approximate surface area is 156 Å². The number of hydrogen-bond donors (Lipinski definition) is 1. The van der Waals surface area contributed by atoms with Crippen LogP contribution in [0.1, 0.15) is 42.7 Å². The van der Waals surface area contributed by atoms with E-state index in [2.05, 4.69) is 17.2 Å². The molecule has 1 amide bonds. The third kappa shape index (κ3) is 4.35. The van der Waals surface area contributed by atoms with Gasteiger partial charge in [0.2, 0.25) is 0 Å². The highest BCUT2D eigenvalue weighted by atomic mass is 32.1. The molecule has 7 heteroatoms. The summed E-state index contributed by atoms with van der Waals surface area (Å²) in [4.78, 5) is 17.8. The summed E-state index contributed by atoms with van der Waals surface area (Å²) in [5.41, 5.74) is 1.37. The van der Waals surface area contributed by atoms with Gasteiger partial charge in [-0.2, -0.15) is 0 Å². The van der Waals surface area contributed by atoms with E-state index in [1.54, 1.807) is 29.5 Å². The number of imidazole rings is 1. The minimum absolute atomic E-state index is 0.164. The summed E-state index contributed by atoms with van der Waals surface area (Å²) < 4.78 is 13.3. The Morgan fingerprint density at radius 1 is 1.27 bits per heavy atom. The molecule has 0 radical (unpaired) electrons. The lowest BCUT2D eigenvalue weighted by atomic mass is 10.2. The normalized spacial score (nSPS) is 10.8. The Kier molecular flexibility index (Phi) is 6.12. The Hall–Kier alpha value is -2.54. The summed E-state index contributed by atoms with van der Waals surface area (Å²) >= 11 is 1.56. The smallest absolute Gasteiger partial charge is 0.251 e. The Morgan fingerprint density at radius 3 is 2.92 bits per heavy atom. The number of hydrogen-bond acceptors (Lipinski definition) is 5. The van der Waals surface area contributed by atoms with E-state index in [1.165, 1.54) is 0 Å². The maximum absolute atomic E-state index is 12.5. The van der Waals surface area contributed by atoms with Crippen LogP contribution in [0.2, 0.25) is 0 Å². The summed E-state index contributed by atoms with van der Waals surface area (Å²) in [7, 11) is 0. The van der Waals surface area contributed by atoms with Gasteiger partial charge in [-0.25, -0.2) is 4.98 Å². The van der Waals surface area contributed by atoms with Crippen LogP contribution in [0, 0.1) is 0 Å². The first-order valence-corrected chi connectivity index (χ1v) is 9.68. The topological polar surface area (TPSA) is 64.9 Å². The number of carbonyl (C=O) groups excluding carboxylic acids is 1. The van der Waals surface area contributed by atoms with Gasteiger partial charge in [0.25, 0.3) is 5.91 Å². The number of ether oxygens (including phenoxy) is 2. The molecule has 0 bridgehead atoms. The van der Waals surface area contributed by atoms with Crippen molar-refractivity contribution in [2.75, 3.05) is 13.2 Å². The monoisotopic (exact) mass is 373 g/mol. The van der Waals surface area contributed by atoms with E-state index in [9.17, 15) is 4.79 Å². The minimum Gasteiger partial charge on any atom is -0.490 e. The van der Waals surface area contributed by atoms with Crippen molar-refractivity contribution in [1.82, 2.24) is 14.7 Å². The predicted molar refractivity (Wildman–Crippen MR) is 102 cm³/mol. The van der Waals surface area contributed by atoms with Crippen molar-refractivity contribution in [3.8, 4) is 11.5 Å². The average Bonchev–Trinajstić information content (AvgIpc) is 3.23. The van der Waals surface area contributed by atoms with Crippen LogP contribution in [0.3, 0.4) is 0 Å². The van der Waals surface area contributed by atoms with Crippen LogP contribution in [-0.4, -0.2) is 28.5 Å². The number of rotatable bonds is 9. The van der Waals surface area contributed by atoms with Gasteiger partial charge < -0.3 is 14.8 Å². The number of thiazole rings is 1. The molecule has 0 unspecified atom stereocenters. The van der Waals surface area contributed by atoms with Crippen LogP contribution in [0.25, 0.3) is 4.96 Å². The highest BCUT2D eigenvalue weighted by Crippen LogP contribution is 2.28. The maximum Gasteiger partial charge on any atom is 0.251 e. The van der Waals surface area contributed by atoms with Gasteiger partial charge in [-0.15, -0.1) is 11.3 Å². The molecule has 6 nitrogen and oxygen atoms in total. The molecule has 26 heavy (non-hydrogen) atoms. The fourth-order valence-electron chi connectivity index (χ4n) is 2.50. The lowest BCUT2D eigenvalue weighted by Gasteiger charge is -2.13. The first-order chi connectivity index (χ1) is 12.7. The molecule has 0 aliphatic carbocycles. The van der Waals surface area contributed by atoms with E-state index >= 15 is 0 Å². The molecule has 1 aromatic carbocycles. The lowest BCUT2D eigenvalue weighted by molar-refractivity contribution is 0.0950. The molecule has 2 aromatic heterocycles. The molecule has 0 fully saturated rings. The molecule has 0 aliphatic rings. The summed E-state index contributed by atoms with van der Waals surface area (Å²) in [5.74, 6) is 1.10. The van der Waals surface area contributed by atoms with E-state index in [0.717, 1.165) is 23.5 Å². The molecule has 0 spiro atoms. The van der Waals surface area contributed by atoms with Crippen molar-refractivity contribution in [1.29, 1.82) is 0 Å². The zero-order valence-electron chi connectivity index (χ0n) is 15.0. The lowest BCUT2D eigenvalue weighted by Crippen LogP contribution is -2.23. The number of nitrogens with zero attached hydrogens (tertiary/aromatic N) is 2. The van der Waals surface area contributed by atoms with Gasteiger partial charge in [-0.3, -0.25) is 9.20 Å². The third-order valence-corrected chi connectivity index (χ3v) is 4.61. The summed E-state index contributed by atoms with van der Waals surface area (Å²) in [6.07, 6.45) is 5.92. The van der Waals surface area contributed by atoms with Gasteiger partial charge in [0, 0.05) is 23.3 Å². The van der Waals surface area contributed by atoms with Gasteiger partial charge in [-0.05, 0) is 31.5 Å². The molecule has 2 heterocycles. The van der Waals surface area contributed by atoms with Crippen molar-refractivity contribution in [3.63, 3.8) is 0 Å². The number of aromatic nitrogens is 2. The van der Waals surface area contributed by atoms with Gasteiger partial charge in [0.1, 0.15) is 0 Å². The highest BCUT2D eigenvalue weighted by Gasteiger charge is 2.12. The largest absolute Gasteiger partial charge is 0.490 e. The van der Waals surface area contributed by atoms with E-state index in [-0.39, 0.29) is 5.91 Å². The number of benzene rings is 1. The number of nitrogens with one attached hydrogen (secondary N) is 1. The van der Waals surface area contributed by atoms with Crippen LogP contribution in [0.15, 0.2) is 36.0 Å². The molecular formula is C19H23N3O3S. The molecule has 0 aliphatic heterocycles. The Balaban J connectivity index is 1.65. The summed E-state index contributed by atoms with van der Waals surface area (Å²) in [6, 6.07) is 5.28. The zero-order chi connectivity index (χ0) is 18.4. The van der Waals surface area contributed by atoms with Crippen LogP contribution < -0.4 is 14.8 Å². The van der Waals surface area contributed by atoms with Crippen molar-refractivity contribution < 1.29 is 14.3 Å². The minimum atomic E-state index is -0.164. The molecule has 138 valence electrons. The molecular weight excluding hydrogens is 350 g/mol. The first kappa shape index (κ1) is 18.3. The number of fused-ring (bicyclic) bond motifs is 1. The second-order valence-corrected chi connectivity index (χ2v) is 6.68. The van der Waals surface area contributed by atoms with Crippen LogP contribution >= 0.6 is 11.3 Å². The first-order valence-electron chi connectivity index (χ1n) is 8.80. The van der Waals surface area contributed by atoms with Crippen molar-refractivity contribution in [2.45, 2.75) is 33.2 Å². The molecule has 0 saturated carbocycles.